The lowest BCUT2D eigenvalue weighted by Gasteiger charge is -2.01. The Hall–Kier alpha value is -1.64. The van der Waals surface area contributed by atoms with E-state index in [0.717, 1.165) is 5.56 Å². The molecular weight excluding hydrogens is 176 g/mol. The Bertz CT molecular complexity index is 341. The zero-order valence-corrected chi connectivity index (χ0v) is 8.21. The van der Waals surface area contributed by atoms with Gasteiger partial charge in [0.2, 0.25) is 0 Å². The quantitative estimate of drug-likeness (QED) is 0.558. The molecule has 14 heavy (non-hydrogen) atoms. The summed E-state index contributed by atoms with van der Waals surface area (Å²) in [5, 5.41) is 7.19. The number of carbonyl (C=O) groups is 1. The fourth-order valence-electron chi connectivity index (χ4n) is 1.15. The molecule has 0 atom stereocenters. The average Bonchev–Trinajstić information content (AvgIpc) is 2.18. The molecule has 0 amide bonds. The highest BCUT2D eigenvalue weighted by Crippen LogP contribution is 2.05. The van der Waals surface area contributed by atoms with Crippen LogP contribution in [0.1, 0.15) is 24.5 Å². The molecule has 0 saturated carbocycles. The van der Waals surface area contributed by atoms with Crippen molar-refractivity contribution in [3.05, 3.63) is 35.4 Å². The lowest BCUT2D eigenvalue weighted by atomic mass is 10.1. The van der Waals surface area contributed by atoms with Crippen molar-refractivity contribution in [1.82, 2.24) is 0 Å². The third-order valence-electron chi connectivity index (χ3n) is 2.06. The summed E-state index contributed by atoms with van der Waals surface area (Å²) in [4.78, 5) is 11.1. The van der Waals surface area contributed by atoms with Crippen molar-refractivity contribution < 1.29 is 4.79 Å². The van der Waals surface area contributed by atoms with Crippen LogP contribution >= 0.6 is 0 Å². The van der Waals surface area contributed by atoms with Gasteiger partial charge in [-0.15, -0.1) is 0 Å². The molecule has 3 nitrogen and oxygen atoms in total. The van der Waals surface area contributed by atoms with E-state index in [1.165, 1.54) is 0 Å². The van der Waals surface area contributed by atoms with E-state index in [4.69, 9.17) is 11.1 Å². The first-order valence-corrected chi connectivity index (χ1v) is 4.58. The first-order valence-electron chi connectivity index (χ1n) is 4.58. The van der Waals surface area contributed by atoms with Crippen molar-refractivity contribution in [3.63, 3.8) is 0 Å². The van der Waals surface area contributed by atoms with Crippen molar-refractivity contribution in [1.29, 1.82) is 5.41 Å². The van der Waals surface area contributed by atoms with Gasteiger partial charge < -0.3 is 5.73 Å². The van der Waals surface area contributed by atoms with Gasteiger partial charge in [0.15, 0.2) is 0 Å². The minimum absolute atomic E-state index is 0.0540. The number of hydrogen-bond donors (Lipinski definition) is 2. The maximum atomic E-state index is 11.1. The van der Waals surface area contributed by atoms with Gasteiger partial charge in [0.05, 0.1) is 0 Å². The summed E-state index contributed by atoms with van der Waals surface area (Å²) < 4.78 is 0. The molecule has 74 valence electrons. The molecular formula is C11H14N2O. The zero-order chi connectivity index (χ0) is 10.6. The van der Waals surface area contributed by atoms with Crippen LogP contribution in [0, 0.1) is 5.41 Å². The Morgan fingerprint density at radius 1 is 1.36 bits per heavy atom. The molecule has 0 bridgehead atoms. The van der Waals surface area contributed by atoms with Crippen molar-refractivity contribution in [2.45, 2.75) is 19.8 Å². The van der Waals surface area contributed by atoms with Crippen LogP contribution in [0.5, 0.6) is 0 Å². The highest BCUT2D eigenvalue weighted by atomic mass is 16.1. The first-order chi connectivity index (χ1) is 6.63. The molecule has 1 aromatic rings. The lowest BCUT2D eigenvalue weighted by Crippen LogP contribution is -2.11. The number of benzene rings is 1. The molecule has 0 aliphatic heterocycles. The smallest absolute Gasteiger partial charge is 0.136 e. The molecule has 1 rings (SSSR count). The van der Waals surface area contributed by atoms with Crippen LogP contribution in [0.3, 0.4) is 0 Å². The number of rotatable bonds is 4. The van der Waals surface area contributed by atoms with Crippen LogP contribution in [0.4, 0.5) is 0 Å². The van der Waals surface area contributed by atoms with Crippen LogP contribution in [0.2, 0.25) is 0 Å². The molecule has 0 fully saturated rings. The summed E-state index contributed by atoms with van der Waals surface area (Å²) in [5.74, 6) is 0.277. The van der Waals surface area contributed by atoms with E-state index in [1.807, 2.05) is 19.1 Å². The average molecular weight is 190 g/mol. The maximum absolute atomic E-state index is 11.1. The second-order valence-electron chi connectivity index (χ2n) is 3.18. The third kappa shape index (κ3) is 2.69. The molecule has 0 spiro atoms. The fourth-order valence-corrected chi connectivity index (χ4v) is 1.15. The second-order valence-corrected chi connectivity index (χ2v) is 3.18. The summed E-state index contributed by atoms with van der Waals surface area (Å²) in [6, 6.07) is 7.20. The largest absolute Gasteiger partial charge is 0.384 e. The Kier molecular flexibility index (Phi) is 3.40. The van der Waals surface area contributed by atoms with Crippen LogP contribution < -0.4 is 5.73 Å². The summed E-state index contributed by atoms with van der Waals surface area (Å²) in [5.41, 5.74) is 6.97. The van der Waals surface area contributed by atoms with Crippen molar-refractivity contribution in [2.24, 2.45) is 5.73 Å². The Labute approximate surface area is 83.4 Å². The van der Waals surface area contributed by atoms with Crippen LogP contribution in [-0.4, -0.2) is 11.6 Å². The molecule has 0 heterocycles. The number of nitrogens with two attached hydrogens (primary N) is 1. The Balaban J connectivity index is 2.73. The number of nitrogen functional groups attached to an aromatic ring is 1. The van der Waals surface area contributed by atoms with Gasteiger partial charge in [0.1, 0.15) is 11.6 Å². The standard InChI is InChI=1S/C11H14N2O/c1-2-10(14)7-8-3-5-9(6-4-8)11(12)13/h3-6H,2,7H2,1H3,(H3,12,13). The summed E-state index contributed by atoms with van der Waals surface area (Å²) in [6.45, 7) is 1.85. The van der Waals surface area contributed by atoms with Gasteiger partial charge >= 0.3 is 0 Å². The van der Waals surface area contributed by atoms with Crippen molar-refractivity contribution in [2.75, 3.05) is 0 Å². The fraction of sp³-hybridized carbons (Fsp3) is 0.273. The lowest BCUT2D eigenvalue weighted by molar-refractivity contribution is -0.118. The Morgan fingerprint density at radius 3 is 2.36 bits per heavy atom. The molecule has 3 heteroatoms. The number of Topliss-reactive ketones (excluding diaryl/α,β-unsaturated/α-hetero) is 1. The highest BCUT2D eigenvalue weighted by Gasteiger charge is 2.01. The van der Waals surface area contributed by atoms with Crippen LogP contribution in [0.25, 0.3) is 0 Å². The SMILES string of the molecule is CCC(=O)Cc1ccc(C(=N)N)cc1. The molecule has 1 aromatic carbocycles. The van der Waals surface area contributed by atoms with Gasteiger partial charge in [-0.3, -0.25) is 10.2 Å². The highest BCUT2D eigenvalue weighted by molar-refractivity contribution is 5.95. The number of ketones is 1. The molecule has 0 aromatic heterocycles. The normalized spacial score (nSPS) is 9.79. The predicted octanol–water partition coefficient (Wildman–Crippen LogP) is 1.49. The summed E-state index contributed by atoms with van der Waals surface area (Å²) in [6.07, 6.45) is 1.03. The van der Waals surface area contributed by atoms with E-state index >= 15 is 0 Å². The van der Waals surface area contributed by atoms with Crippen LogP contribution in [-0.2, 0) is 11.2 Å². The first kappa shape index (κ1) is 10.4. The van der Waals surface area contributed by atoms with Gasteiger partial charge in [-0.2, -0.15) is 0 Å². The van der Waals surface area contributed by atoms with E-state index in [1.54, 1.807) is 12.1 Å². The van der Waals surface area contributed by atoms with Crippen molar-refractivity contribution in [3.8, 4) is 0 Å². The van der Waals surface area contributed by atoms with Gasteiger partial charge in [0, 0.05) is 18.4 Å². The molecule has 0 saturated heterocycles. The van der Waals surface area contributed by atoms with E-state index in [-0.39, 0.29) is 11.6 Å². The molecule has 0 unspecified atom stereocenters. The second kappa shape index (κ2) is 4.56. The van der Waals surface area contributed by atoms with E-state index in [0.29, 0.717) is 18.4 Å². The van der Waals surface area contributed by atoms with Gasteiger partial charge in [-0.25, -0.2) is 0 Å². The number of nitrogens with one attached hydrogen (secondary N) is 1. The molecule has 0 aliphatic carbocycles. The topological polar surface area (TPSA) is 66.9 Å². The van der Waals surface area contributed by atoms with Gasteiger partial charge in [-0.05, 0) is 5.56 Å². The Morgan fingerprint density at radius 2 is 1.93 bits per heavy atom. The zero-order valence-electron chi connectivity index (χ0n) is 8.21. The predicted molar refractivity (Wildman–Crippen MR) is 56.5 cm³/mol. The maximum Gasteiger partial charge on any atom is 0.136 e. The summed E-state index contributed by atoms with van der Waals surface area (Å²) in [7, 11) is 0. The van der Waals surface area contributed by atoms with E-state index < -0.39 is 0 Å². The number of hydrogen-bond acceptors (Lipinski definition) is 2. The molecule has 3 N–H and O–H groups in total. The monoisotopic (exact) mass is 190 g/mol. The van der Waals surface area contributed by atoms with Gasteiger partial charge in [-0.1, -0.05) is 31.2 Å². The summed E-state index contributed by atoms with van der Waals surface area (Å²) >= 11 is 0. The van der Waals surface area contributed by atoms with E-state index in [9.17, 15) is 4.79 Å². The van der Waals surface area contributed by atoms with E-state index in [2.05, 4.69) is 0 Å². The number of carbonyl (C=O) groups excluding carboxylic acids is 1. The molecule has 0 aliphatic rings. The minimum Gasteiger partial charge on any atom is -0.384 e. The van der Waals surface area contributed by atoms with Gasteiger partial charge in [0.25, 0.3) is 0 Å². The minimum atomic E-state index is 0.0540. The van der Waals surface area contributed by atoms with Crippen molar-refractivity contribution >= 4 is 11.6 Å². The number of amidine groups is 1. The third-order valence-corrected chi connectivity index (χ3v) is 2.06. The van der Waals surface area contributed by atoms with Crippen LogP contribution in [0.15, 0.2) is 24.3 Å². The molecule has 0 radical (unpaired) electrons.